The van der Waals surface area contributed by atoms with Crippen LogP contribution in [0.25, 0.3) is 0 Å². The summed E-state index contributed by atoms with van der Waals surface area (Å²) in [4.78, 5) is 109. The fraction of sp³-hybridized carbons (Fsp3) is 0.761. The number of carboxylic acids is 3. The highest BCUT2D eigenvalue weighted by molar-refractivity contribution is 5.87. The van der Waals surface area contributed by atoms with E-state index in [2.05, 4.69) is 38.5 Å². The van der Waals surface area contributed by atoms with Crippen molar-refractivity contribution in [2.45, 2.75) is 153 Å². The van der Waals surface area contributed by atoms with Gasteiger partial charge in [0.1, 0.15) is 31.3 Å². The van der Waals surface area contributed by atoms with Crippen LogP contribution in [-0.2, 0) is 62.1 Å². The van der Waals surface area contributed by atoms with Gasteiger partial charge in [-0.05, 0) is 38.5 Å². The van der Waals surface area contributed by atoms with Crippen LogP contribution >= 0.6 is 0 Å². The second-order valence-electron chi connectivity index (χ2n) is 16.3. The lowest BCUT2D eigenvalue weighted by atomic mass is 10.0. The molecule has 0 unspecified atom stereocenters. The number of rotatable bonds is 47. The van der Waals surface area contributed by atoms with Gasteiger partial charge in [0, 0.05) is 51.7 Å². The fourth-order valence-electron chi connectivity index (χ4n) is 6.32. The number of aliphatic hydroxyl groups is 1. The summed E-state index contributed by atoms with van der Waals surface area (Å²) in [5, 5.41) is 52.6. The minimum atomic E-state index is -1.56. The molecule has 0 aliphatic heterocycles. The van der Waals surface area contributed by atoms with Crippen LogP contribution in [0.5, 0.6) is 0 Å². The van der Waals surface area contributed by atoms with Crippen LogP contribution < -0.4 is 31.9 Å². The summed E-state index contributed by atoms with van der Waals surface area (Å²) in [7, 11) is 0. The first-order chi connectivity index (χ1) is 33.0. The van der Waals surface area contributed by atoms with Crippen molar-refractivity contribution in [1.82, 2.24) is 31.9 Å². The molecule has 0 saturated heterocycles. The molecule has 0 heterocycles. The molecule has 0 aromatic rings. The van der Waals surface area contributed by atoms with Crippen LogP contribution in [0.2, 0.25) is 0 Å². The zero-order chi connectivity index (χ0) is 51.5. The van der Waals surface area contributed by atoms with Gasteiger partial charge in [-0.3, -0.25) is 28.8 Å². The molecule has 0 aromatic heterocycles. The Labute approximate surface area is 405 Å². The molecule has 69 heavy (non-hydrogen) atoms. The van der Waals surface area contributed by atoms with Crippen molar-refractivity contribution < 1.29 is 82.5 Å². The largest absolute Gasteiger partial charge is 0.513 e. The second-order valence-corrected chi connectivity index (χ2v) is 16.3. The molecule has 0 radical (unpaired) electrons. The Hall–Kier alpha value is -5.39. The Morgan fingerprint density at radius 1 is 0.391 bits per heavy atom. The van der Waals surface area contributed by atoms with E-state index in [1.165, 1.54) is 0 Å². The topological polar surface area (TPSA) is 344 Å². The van der Waals surface area contributed by atoms with Crippen LogP contribution in [0, 0.1) is 0 Å². The molecule has 0 aromatic carbocycles. The number of carbonyl (C=O) groups excluding carboxylic acids is 6. The highest BCUT2D eigenvalue weighted by Gasteiger charge is 2.26. The highest BCUT2D eigenvalue weighted by atomic mass is 16.5. The second kappa shape index (κ2) is 42.7. The molecule has 0 spiro atoms. The number of unbranched alkanes of at least 4 members (excludes halogenated alkanes) is 10. The maximum atomic E-state index is 12.6. The molecule has 0 bridgehead atoms. The lowest BCUT2D eigenvalue weighted by Crippen LogP contribution is -2.45. The third kappa shape index (κ3) is 40.2. The van der Waals surface area contributed by atoms with E-state index in [4.69, 9.17) is 24.1 Å². The number of carboxylic acid groups (broad SMARTS) is 3. The van der Waals surface area contributed by atoms with E-state index in [-0.39, 0.29) is 109 Å². The standard InChI is InChI=1S/C46H80N6O17/c1-3-4-23-47-42(58)32-68-30-29-67-27-25-49-43(59)33-69-31-28-66-26-24-48-38(54)20-17-35(44(60)61)51-40(56)22-19-37(46(64)65)52-41(57)21-18-36(45(62)63)50-39(55)16-14-12-10-8-6-5-7-9-11-13-15-34(2)53/h35-37,53H,2-33H2,1H3,(H,47,58)(H,48,54)(H,49,59)(H,50,55)(H,51,56)(H,52,57)(H,60,61)(H,62,63)(H,64,65)/t35-,36-,37-/m0/s1. The van der Waals surface area contributed by atoms with Gasteiger partial charge in [0.2, 0.25) is 35.4 Å². The van der Waals surface area contributed by atoms with Gasteiger partial charge in [-0.25, -0.2) is 14.4 Å². The lowest BCUT2D eigenvalue weighted by Gasteiger charge is -2.18. The number of hydrogen-bond acceptors (Lipinski definition) is 14. The Morgan fingerprint density at radius 3 is 1.12 bits per heavy atom. The molecule has 0 aliphatic carbocycles. The van der Waals surface area contributed by atoms with Crippen molar-refractivity contribution in [2.75, 3.05) is 72.5 Å². The zero-order valence-corrected chi connectivity index (χ0v) is 40.5. The third-order valence-corrected chi connectivity index (χ3v) is 10.2. The molecule has 23 heteroatoms. The summed E-state index contributed by atoms with van der Waals surface area (Å²) in [6.45, 7) is 7.29. The van der Waals surface area contributed by atoms with Crippen molar-refractivity contribution in [3.05, 3.63) is 12.3 Å². The minimum absolute atomic E-state index is 0.0422. The zero-order valence-electron chi connectivity index (χ0n) is 40.5. The fourth-order valence-corrected chi connectivity index (χ4v) is 6.32. The molecule has 0 rings (SSSR count). The third-order valence-electron chi connectivity index (χ3n) is 10.2. The van der Waals surface area contributed by atoms with Gasteiger partial charge in [-0.1, -0.05) is 71.3 Å². The Morgan fingerprint density at radius 2 is 0.725 bits per heavy atom. The van der Waals surface area contributed by atoms with Crippen LogP contribution in [0.1, 0.15) is 135 Å². The van der Waals surface area contributed by atoms with Crippen LogP contribution in [0.15, 0.2) is 12.3 Å². The number of hydrogen-bond donors (Lipinski definition) is 10. The predicted molar refractivity (Wildman–Crippen MR) is 251 cm³/mol. The minimum Gasteiger partial charge on any atom is -0.513 e. The summed E-state index contributed by atoms with van der Waals surface area (Å²) < 4.78 is 21.1. The lowest BCUT2D eigenvalue weighted by molar-refractivity contribution is -0.144. The average Bonchev–Trinajstić information content (AvgIpc) is 3.29. The molecule has 396 valence electrons. The van der Waals surface area contributed by atoms with E-state index in [1.807, 2.05) is 6.92 Å². The van der Waals surface area contributed by atoms with E-state index in [9.17, 15) is 58.5 Å². The van der Waals surface area contributed by atoms with E-state index >= 15 is 0 Å². The van der Waals surface area contributed by atoms with Gasteiger partial charge in [0.25, 0.3) is 0 Å². The van der Waals surface area contributed by atoms with Crippen molar-refractivity contribution in [2.24, 2.45) is 0 Å². The van der Waals surface area contributed by atoms with Gasteiger partial charge >= 0.3 is 17.9 Å². The molecule has 10 N–H and O–H groups in total. The maximum Gasteiger partial charge on any atom is 0.326 e. The summed E-state index contributed by atoms with van der Waals surface area (Å²) in [6, 6.07) is -4.41. The van der Waals surface area contributed by atoms with Crippen molar-refractivity contribution in [1.29, 1.82) is 0 Å². The van der Waals surface area contributed by atoms with Gasteiger partial charge in [-0.15, -0.1) is 0 Å². The quantitative estimate of drug-likeness (QED) is 0.0308. The number of allylic oxidation sites excluding steroid dienone is 1. The number of carbonyl (C=O) groups is 9. The van der Waals surface area contributed by atoms with Crippen LogP contribution in [0.3, 0.4) is 0 Å². The number of aliphatic hydroxyl groups excluding tert-OH is 1. The number of ether oxygens (including phenoxy) is 4. The number of aliphatic carboxylic acids is 3. The smallest absolute Gasteiger partial charge is 0.326 e. The molecule has 3 atom stereocenters. The van der Waals surface area contributed by atoms with E-state index < -0.39 is 78.9 Å². The summed E-state index contributed by atoms with van der Waals surface area (Å²) in [5.74, 6) is -7.25. The SMILES string of the molecule is C=C(O)CCCCCCCCCCCCC(=O)N[C@@H](CCC(=O)N[C@@H](CCC(=O)N[C@@H](CCC(=O)NCCOCCOCC(=O)NCCOCCOCC(=O)NCCCC)C(=O)O)C(=O)O)C(=O)O. The number of nitrogens with one attached hydrogen (secondary N) is 6. The van der Waals surface area contributed by atoms with Crippen molar-refractivity contribution >= 4 is 53.4 Å². The Balaban J connectivity index is 4.24. The van der Waals surface area contributed by atoms with Gasteiger partial charge in [0.15, 0.2) is 0 Å². The summed E-state index contributed by atoms with van der Waals surface area (Å²) in [6.07, 6.45) is 10.2. The number of amides is 6. The maximum absolute atomic E-state index is 12.6. The normalized spacial score (nSPS) is 12.2. The summed E-state index contributed by atoms with van der Waals surface area (Å²) in [5.41, 5.74) is 0. The van der Waals surface area contributed by atoms with E-state index in [0.29, 0.717) is 19.4 Å². The molecule has 0 fully saturated rings. The Kier molecular flexibility index (Phi) is 39.4. The molecule has 6 amide bonds. The highest BCUT2D eigenvalue weighted by Crippen LogP contribution is 2.13. The summed E-state index contributed by atoms with van der Waals surface area (Å²) >= 11 is 0. The molecule has 0 aliphatic rings. The van der Waals surface area contributed by atoms with Crippen molar-refractivity contribution in [3.8, 4) is 0 Å². The first kappa shape index (κ1) is 63.6. The predicted octanol–water partition coefficient (Wildman–Crippen LogP) is 2.00. The van der Waals surface area contributed by atoms with Crippen molar-refractivity contribution in [3.63, 3.8) is 0 Å². The van der Waals surface area contributed by atoms with Gasteiger partial charge in [-0.2, -0.15) is 0 Å². The monoisotopic (exact) mass is 989 g/mol. The average molecular weight is 989 g/mol. The molecular weight excluding hydrogens is 909 g/mol. The van der Waals surface area contributed by atoms with Gasteiger partial charge < -0.3 is 71.3 Å². The molecule has 23 nitrogen and oxygen atoms in total. The molecular formula is C46H80N6O17. The van der Waals surface area contributed by atoms with E-state index in [1.54, 1.807) is 0 Å². The first-order valence-corrected chi connectivity index (χ1v) is 24.1. The van der Waals surface area contributed by atoms with Gasteiger partial charge in [0.05, 0.1) is 45.4 Å². The Bertz CT molecular complexity index is 1530. The first-order valence-electron chi connectivity index (χ1n) is 24.1. The van der Waals surface area contributed by atoms with Crippen LogP contribution in [0.4, 0.5) is 0 Å². The van der Waals surface area contributed by atoms with Crippen LogP contribution in [-0.4, -0.2) is 164 Å². The molecule has 0 saturated carbocycles. The van der Waals surface area contributed by atoms with E-state index in [0.717, 1.165) is 70.6 Å².